The van der Waals surface area contributed by atoms with Gasteiger partial charge in [-0.2, -0.15) is 8.78 Å². The van der Waals surface area contributed by atoms with Crippen LogP contribution >= 0.6 is 11.6 Å². The zero-order chi connectivity index (χ0) is 12.5. The molecule has 16 heavy (non-hydrogen) atoms. The second kappa shape index (κ2) is 4.31. The molecular weight excluding hydrogens is 249 g/mol. The lowest BCUT2D eigenvalue weighted by atomic mass is 10.0. The maximum Gasteiger partial charge on any atom is 0.377 e. The lowest BCUT2D eigenvalue weighted by molar-refractivity contribution is -0.183. The first-order valence-corrected chi connectivity index (χ1v) is 4.39. The number of hydrogen-bond donors (Lipinski definition) is 2. The number of carboxylic acid groups (broad SMARTS) is 1. The summed E-state index contributed by atoms with van der Waals surface area (Å²) in [6.45, 7) is 0. The fourth-order valence-electron chi connectivity index (χ4n) is 1.04. The highest BCUT2D eigenvalue weighted by Gasteiger charge is 2.48. The van der Waals surface area contributed by atoms with Crippen molar-refractivity contribution in [1.29, 1.82) is 0 Å². The number of aliphatic carboxylic acids is 1. The number of aliphatic hydroxyl groups excluding tert-OH is 1. The normalized spacial score (nSPS) is 13.6. The molecule has 0 spiro atoms. The van der Waals surface area contributed by atoms with Crippen LogP contribution in [0.5, 0.6) is 0 Å². The zero-order valence-corrected chi connectivity index (χ0v) is 8.38. The Kier molecular flexibility index (Phi) is 3.44. The van der Waals surface area contributed by atoms with Crippen molar-refractivity contribution in [2.75, 3.05) is 0 Å². The van der Waals surface area contributed by atoms with Gasteiger partial charge in [0.2, 0.25) is 0 Å². The molecule has 0 aliphatic carbocycles. The molecule has 0 aromatic heterocycles. The van der Waals surface area contributed by atoms with E-state index >= 15 is 0 Å². The number of carbonyl (C=O) groups is 1. The van der Waals surface area contributed by atoms with Gasteiger partial charge < -0.3 is 10.2 Å². The number of alkyl halides is 2. The van der Waals surface area contributed by atoms with E-state index in [2.05, 4.69) is 0 Å². The average molecular weight is 255 g/mol. The van der Waals surface area contributed by atoms with Gasteiger partial charge in [-0.25, -0.2) is 9.18 Å². The third kappa shape index (κ3) is 2.28. The van der Waals surface area contributed by atoms with Crippen molar-refractivity contribution in [2.24, 2.45) is 0 Å². The van der Waals surface area contributed by atoms with E-state index in [0.29, 0.717) is 6.07 Å². The molecule has 3 nitrogen and oxygen atoms in total. The summed E-state index contributed by atoms with van der Waals surface area (Å²) in [5, 5.41) is 17.2. The summed E-state index contributed by atoms with van der Waals surface area (Å²) in [4.78, 5) is 10.2. The topological polar surface area (TPSA) is 57.5 Å². The summed E-state index contributed by atoms with van der Waals surface area (Å²) in [5.41, 5.74) is -0.822. The van der Waals surface area contributed by atoms with Gasteiger partial charge in [-0.15, -0.1) is 0 Å². The fourth-order valence-corrected chi connectivity index (χ4v) is 1.19. The molecule has 0 amide bonds. The molecule has 0 saturated carbocycles. The van der Waals surface area contributed by atoms with Crippen molar-refractivity contribution in [1.82, 2.24) is 0 Å². The Bertz CT molecular complexity index is 422. The van der Waals surface area contributed by atoms with E-state index in [1.807, 2.05) is 0 Å². The predicted molar refractivity (Wildman–Crippen MR) is 49.0 cm³/mol. The zero-order valence-electron chi connectivity index (χ0n) is 7.62. The van der Waals surface area contributed by atoms with Gasteiger partial charge >= 0.3 is 11.9 Å². The van der Waals surface area contributed by atoms with Crippen LogP contribution in [0.2, 0.25) is 5.02 Å². The number of aliphatic hydroxyl groups is 1. The van der Waals surface area contributed by atoms with Gasteiger partial charge in [-0.05, 0) is 12.1 Å². The maximum absolute atomic E-state index is 13.1. The van der Waals surface area contributed by atoms with Crippen LogP contribution in [0.15, 0.2) is 18.2 Å². The summed E-state index contributed by atoms with van der Waals surface area (Å²) in [5.74, 6) is -8.19. The van der Waals surface area contributed by atoms with Gasteiger partial charge in [0.1, 0.15) is 5.82 Å². The molecule has 1 aromatic rings. The minimum Gasteiger partial charge on any atom is -0.477 e. The Balaban J connectivity index is 3.14. The van der Waals surface area contributed by atoms with Gasteiger partial charge in [0, 0.05) is 10.6 Å². The van der Waals surface area contributed by atoms with Crippen LogP contribution in [0.3, 0.4) is 0 Å². The summed E-state index contributed by atoms with van der Waals surface area (Å²) < 4.78 is 38.8. The third-order valence-corrected chi connectivity index (χ3v) is 2.12. The van der Waals surface area contributed by atoms with Crippen molar-refractivity contribution in [2.45, 2.75) is 12.0 Å². The first-order chi connectivity index (χ1) is 7.26. The lowest BCUT2D eigenvalue weighted by Crippen LogP contribution is -2.35. The molecule has 1 aromatic carbocycles. The number of hydrogen-bond acceptors (Lipinski definition) is 2. The molecule has 1 rings (SSSR count). The van der Waals surface area contributed by atoms with Gasteiger partial charge in [0.05, 0.1) is 0 Å². The number of rotatable bonds is 3. The van der Waals surface area contributed by atoms with E-state index in [4.69, 9.17) is 21.8 Å². The predicted octanol–water partition coefficient (Wildman–Crippen LogP) is 2.23. The molecule has 0 bridgehead atoms. The third-order valence-electron chi connectivity index (χ3n) is 1.89. The van der Waals surface area contributed by atoms with E-state index in [9.17, 15) is 18.0 Å². The number of carboxylic acids is 1. The quantitative estimate of drug-likeness (QED) is 0.870. The van der Waals surface area contributed by atoms with Crippen LogP contribution in [0.4, 0.5) is 13.2 Å². The fraction of sp³-hybridized carbons (Fsp3) is 0.222. The highest BCUT2D eigenvalue weighted by Crippen LogP contribution is 2.33. The molecule has 2 N–H and O–H groups in total. The molecule has 1 unspecified atom stereocenters. The molecule has 0 aliphatic rings. The Labute approximate surface area is 93.1 Å². The van der Waals surface area contributed by atoms with E-state index in [1.165, 1.54) is 0 Å². The molecule has 0 heterocycles. The highest BCUT2D eigenvalue weighted by atomic mass is 35.5. The van der Waals surface area contributed by atoms with Crippen molar-refractivity contribution in [3.05, 3.63) is 34.6 Å². The smallest absolute Gasteiger partial charge is 0.377 e. The van der Waals surface area contributed by atoms with E-state index in [1.54, 1.807) is 0 Å². The Morgan fingerprint density at radius 2 is 2.00 bits per heavy atom. The molecule has 7 heteroatoms. The summed E-state index contributed by atoms with van der Waals surface area (Å²) >= 11 is 5.37. The number of benzene rings is 1. The van der Waals surface area contributed by atoms with Crippen LogP contribution in [-0.2, 0) is 4.79 Å². The van der Waals surface area contributed by atoms with Crippen molar-refractivity contribution >= 4 is 17.6 Å². The van der Waals surface area contributed by atoms with Crippen LogP contribution in [-0.4, -0.2) is 22.1 Å². The van der Waals surface area contributed by atoms with Gasteiger partial charge in [0.25, 0.3) is 0 Å². The van der Waals surface area contributed by atoms with Crippen molar-refractivity contribution in [3.63, 3.8) is 0 Å². The van der Waals surface area contributed by atoms with E-state index in [-0.39, 0.29) is 5.02 Å². The molecule has 0 aliphatic heterocycles. The van der Waals surface area contributed by atoms with Crippen LogP contribution < -0.4 is 0 Å². The SMILES string of the molecule is O=C(O)C(F)(F)C(O)c1ccc(Cl)cc1F. The molecule has 0 fully saturated rings. The Morgan fingerprint density at radius 1 is 1.44 bits per heavy atom. The second-order valence-electron chi connectivity index (χ2n) is 3.00. The Hall–Kier alpha value is -1.27. The average Bonchev–Trinajstić information content (AvgIpc) is 2.16. The summed E-state index contributed by atoms with van der Waals surface area (Å²) in [6, 6.07) is 2.58. The van der Waals surface area contributed by atoms with Gasteiger partial charge in [-0.3, -0.25) is 0 Å². The van der Waals surface area contributed by atoms with Crippen molar-refractivity contribution < 1.29 is 28.2 Å². The van der Waals surface area contributed by atoms with Crippen LogP contribution in [0, 0.1) is 5.82 Å². The molecule has 0 saturated heterocycles. The Morgan fingerprint density at radius 3 is 2.44 bits per heavy atom. The summed E-state index contributed by atoms with van der Waals surface area (Å²) in [6.07, 6.45) is -2.76. The van der Waals surface area contributed by atoms with Crippen LogP contribution in [0.25, 0.3) is 0 Å². The van der Waals surface area contributed by atoms with Gasteiger partial charge in [0.15, 0.2) is 6.10 Å². The monoisotopic (exact) mass is 254 g/mol. The van der Waals surface area contributed by atoms with Crippen LogP contribution in [0.1, 0.15) is 11.7 Å². The molecule has 0 radical (unpaired) electrons. The van der Waals surface area contributed by atoms with Gasteiger partial charge in [-0.1, -0.05) is 17.7 Å². The molecular formula is C9H6ClF3O3. The van der Waals surface area contributed by atoms with Crippen molar-refractivity contribution in [3.8, 4) is 0 Å². The first-order valence-electron chi connectivity index (χ1n) is 4.01. The molecule has 1 atom stereocenters. The molecule has 88 valence electrons. The number of halogens is 4. The summed E-state index contributed by atoms with van der Waals surface area (Å²) in [7, 11) is 0. The minimum atomic E-state index is -4.46. The van der Waals surface area contributed by atoms with E-state index in [0.717, 1.165) is 12.1 Å². The minimum absolute atomic E-state index is 0.0490. The highest BCUT2D eigenvalue weighted by molar-refractivity contribution is 6.30. The first kappa shape index (κ1) is 12.8. The lowest BCUT2D eigenvalue weighted by Gasteiger charge is -2.19. The maximum atomic E-state index is 13.1. The van der Waals surface area contributed by atoms with E-state index < -0.39 is 29.4 Å². The second-order valence-corrected chi connectivity index (χ2v) is 3.43. The standard InChI is InChI=1S/C9H6ClF3O3/c10-4-1-2-5(6(11)3-4)7(14)9(12,13)8(15)16/h1-3,7,14H,(H,15,16). The largest absolute Gasteiger partial charge is 0.477 e.